The fourth-order valence-corrected chi connectivity index (χ4v) is 16.7. The van der Waals surface area contributed by atoms with Gasteiger partial charge in [0.1, 0.15) is 48.6 Å². The Morgan fingerprint density at radius 3 is 2.07 bits per heavy atom. The Balaban J connectivity index is 0.936. The summed E-state index contributed by atoms with van der Waals surface area (Å²) < 4.78 is 87.0. The maximum absolute atomic E-state index is 15.6. The van der Waals surface area contributed by atoms with Crippen molar-refractivity contribution in [2.45, 2.75) is 274 Å². The summed E-state index contributed by atoms with van der Waals surface area (Å²) in [7, 11) is 1.09. The number of Topliss-reactive ketones (excluding diaryl/α,β-unsaturated/α-hetero) is 1. The van der Waals surface area contributed by atoms with E-state index in [1.54, 1.807) is 27.7 Å². The molecule has 10 rings (SSSR count). The first kappa shape index (κ1) is 73.3. The number of nitrogens with two attached hydrogens (primary N) is 1. The van der Waals surface area contributed by atoms with Crippen molar-refractivity contribution in [2.75, 3.05) is 13.7 Å². The molecule has 0 aromatic rings. The highest BCUT2D eigenvalue weighted by Crippen LogP contribution is 2.61. The molecule has 7 fully saturated rings. The molecule has 28 nitrogen and oxygen atoms in total. The van der Waals surface area contributed by atoms with E-state index in [1.165, 1.54) is 32.9 Å². The first-order chi connectivity index (χ1) is 45.3. The van der Waals surface area contributed by atoms with Crippen molar-refractivity contribution in [1.82, 2.24) is 0 Å². The molecule has 28 heteroatoms. The number of nitrogens with zero attached hydrogens (tertiary/aromatic N) is 1. The number of aldehydes is 1. The molecule has 6 saturated heterocycles. The number of hydrogen-bond acceptors (Lipinski definition) is 27. The van der Waals surface area contributed by atoms with Crippen LogP contribution in [0.5, 0.6) is 0 Å². The summed E-state index contributed by atoms with van der Waals surface area (Å²) in [5, 5.41) is 59.4. The van der Waals surface area contributed by atoms with Gasteiger partial charge in [0, 0.05) is 75.0 Å². The molecule has 0 amide bonds. The maximum atomic E-state index is 15.6. The van der Waals surface area contributed by atoms with Gasteiger partial charge in [-0.05, 0) is 95.3 Å². The minimum absolute atomic E-state index is 0.0208. The fourth-order valence-electron chi connectivity index (χ4n) is 16.7. The van der Waals surface area contributed by atoms with E-state index in [9.17, 15) is 54.5 Å². The predicted octanol–water partition coefficient (Wildman–Crippen LogP) is 4.66. The standard InChI is InChI=1S/C68H96N2O26/c1-30-13-17-46(89-54-27-66(10,70(81)82)61(69)60(95-54)65(80)83-12)31(2)22-42-44(75)23-39(28-71)26-68(42)63(78)55(64(79)96-68)62(77)67(11)41(30)15-14-40-56(67)32(3)21-33(4)57(40)94-53-25-48(59(88-38(9)73)49(92-53)29-84-37(8)72)91-50-20-18-47(35(6)86-50)90-52-24-45(76)58(36(7)87-52)93-51-19-16-43(74)34(5)85-51/h13-15,22-23,28,32-36,40-54,56-61,74-77H,16-21,24-27,29,69H2,1-12H3. The number of ether oxygens (including phenoxy) is 14. The van der Waals surface area contributed by atoms with Gasteiger partial charge < -0.3 is 92.5 Å². The number of ketones is 1. The lowest BCUT2D eigenvalue weighted by Gasteiger charge is -2.57. The van der Waals surface area contributed by atoms with Gasteiger partial charge in [-0.3, -0.25) is 29.3 Å². The van der Waals surface area contributed by atoms with Crippen LogP contribution in [0, 0.1) is 51.0 Å². The number of carbonyl (C=O) groups excluding carboxylic acids is 6. The lowest BCUT2D eigenvalue weighted by molar-refractivity contribution is -0.583. The second-order valence-electron chi connectivity index (χ2n) is 28.5. The number of carbonyl (C=O) groups is 6. The van der Waals surface area contributed by atoms with Crippen LogP contribution >= 0.6 is 0 Å². The lowest BCUT2D eigenvalue weighted by atomic mass is 9.49. The molecule has 2 bridgehead atoms. The average Bonchev–Trinajstić information content (AvgIpc) is 1.14. The van der Waals surface area contributed by atoms with Gasteiger partial charge in [-0.2, -0.15) is 0 Å². The van der Waals surface area contributed by atoms with Crippen LogP contribution in [0.15, 0.2) is 58.4 Å². The van der Waals surface area contributed by atoms with Gasteiger partial charge in [-0.25, -0.2) is 9.59 Å². The Hall–Kier alpha value is -5.44. The van der Waals surface area contributed by atoms with Gasteiger partial charge in [0.15, 0.2) is 49.3 Å². The molecule has 0 aromatic heterocycles. The summed E-state index contributed by atoms with van der Waals surface area (Å²) in [6.07, 6.45) is -7.08. The summed E-state index contributed by atoms with van der Waals surface area (Å²) in [6, 6.07) is -1.44. The molecule has 534 valence electrons. The second-order valence-corrected chi connectivity index (χ2v) is 28.5. The Kier molecular flexibility index (Phi) is 22.4. The number of nitro groups is 1. The molecule has 6 N–H and O–H groups in total. The zero-order valence-electron chi connectivity index (χ0n) is 56.5. The maximum Gasteiger partial charge on any atom is 0.346 e. The van der Waals surface area contributed by atoms with E-state index in [0.29, 0.717) is 49.5 Å². The number of aliphatic hydroxyl groups excluding tert-OH is 4. The van der Waals surface area contributed by atoms with Gasteiger partial charge in [0.25, 0.3) is 0 Å². The minimum Gasteiger partial charge on any atom is -0.511 e. The highest BCUT2D eigenvalue weighted by molar-refractivity contribution is 6.26. The van der Waals surface area contributed by atoms with E-state index in [4.69, 9.17) is 72.0 Å². The number of rotatable bonds is 16. The van der Waals surface area contributed by atoms with Crippen LogP contribution in [0.2, 0.25) is 0 Å². The van der Waals surface area contributed by atoms with Crippen molar-refractivity contribution >= 4 is 35.9 Å². The van der Waals surface area contributed by atoms with Gasteiger partial charge in [0.05, 0.1) is 74.4 Å². The van der Waals surface area contributed by atoms with Crippen molar-refractivity contribution in [3.05, 3.63) is 68.5 Å². The average molecular weight is 1360 g/mol. The quantitative estimate of drug-likeness (QED) is 0.0267. The highest BCUT2D eigenvalue weighted by atomic mass is 16.8. The molecular formula is C68H96N2O26. The molecule has 1 spiro atoms. The molecular weight excluding hydrogens is 1260 g/mol. The SMILES string of the molecule is COC(=O)C1OC(OC2CC=C(C)C3C=CC4C(OC5CC(OC6CCC(OC7CC(O)C(OC8CCC(O)C(C)O8)C(C)O7)C(C)O6)C(OC(C)=O)C(COC(C)=O)O5)C(C)CC(C)C4C3(C)C(O)=C3C(=O)OC4(CC(C=O)=CC(O)C4C=C2C)C3=O)CC(C)([N+](=O)[O-])C1N. The van der Waals surface area contributed by atoms with Crippen LogP contribution in [0.25, 0.3) is 0 Å². The Labute approximate surface area is 557 Å². The van der Waals surface area contributed by atoms with E-state index in [-0.39, 0.29) is 43.3 Å². The summed E-state index contributed by atoms with van der Waals surface area (Å²) in [6.45, 7) is 18.0. The molecule has 6 aliphatic heterocycles. The molecule has 1 saturated carbocycles. The fraction of sp³-hybridized carbons (Fsp3) is 0.765. The van der Waals surface area contributed by atoms with Crippen LogP contribution in [-0.2, 0) is 95.1 Å². The van der Waals surface area contributed by atoms with Crippen LogP contribution in [0.4, 0.5) is 0 Å². The molecule has 29 unspecified atom stereocenters. The summed E-state index contributed by atoms with van der Waals surface area (Å²) >= 11 is 0. The van der Waals surface area contributed by atoms with E-state index < -0.39 is 222 Å². The molecule has 6 heterocycles. The molecule has 0 aromatic carbocycles. The lowest BCUT2D eigenvalue weighted by Crippen LogP contribution is -2.66. The summed E-state index contributed by atoms with van der Waals surface area (Å²) in [4.78, 5) is 93.6. The zero-order chi connectivity index (χ0) is 69.8. The van der Waals surface area contributed by atoms with Gasteiger partial charge in [0.2, 0.25) is 11.3 Å². The molecule has 0 radical (unpaired) electrons. The Bertz CT molecular complexity index is 3080. The van der Waals surface area contributed by atoms with E-state index in [1.807, 2.05) is 45.9 Å². The van der Waals surface area contributed by atoms with Crippen molar-refractivity contribution < 1.29 is 120 Å². The molecule has 4 aliphatic carbocycles. The first-order valence-corrected chi connectivity index (χ1v) is 33.6. The Morgan fingerprint density at radius 1 is 0.750 bits per heavy atom. The monoisotopic (exact) mass is 1360 g/mol. The number of fused-ring (bicyclic) bond motifs is 4. The second kappa shape index (κ2) is 29.4. The van der Waals surface area contributed by atoms with Gasteiger partial charge in [-0.15, -0.1) is 0 Å². The summed E-state index contributed by atoms with van der Waals surface area (Å²) in [5.74, 6) is -8.86. The van der Waals surface area contributed by atoms with Gasteiger partial charge in [-0.1, -0.05) is 50.6 Å². The number of hydrogen-bond donors (Lipinski definition) is 5. The number of aliphatic hydroxyl groups is 4. The predicted molar refractivity (Wildman–Crippen MR) is 331 cm³/mol. The van der Waals surface area contributed by atoms with E-state index in [0.717, 1.165) is 7.11 Å². The number of allylic oxidation sites excluding steroid dienone is 3. The smallest absolute Gasteiger partial charge is 0.346 e. The molecule has 29 atom stereocenters. The molecule has 10 aliphatic rings. The van der Waals surface area contributed by atoms with Crippen molar-refractivity contribution in [1.29, 1.82) is 0 Å². The largest absolute Gasteiger partial charge is 0.511 e. The minimum atomic E-state index is -2.26. The van der Waals surface area contributed by atoms with Crippen LogP contribution in [-0.4, -0.2) is 209 Å². The third-order valence-electron chi connectivity index (χ3n) is 21.8. The van der Waals surface area contributed by atoms with Crippen molar-refractivity contribution in [2.24, 2.45) is 46.7 Å². The van der Waals surface area contributed by atoms with Crippen LogP contribution in [0.1, 0.15) is 140 Å². The Morgan fingerprint density at radius 2 is 1.42 bits per heavy atom. The van der Waals surface area contributed by atoms with Crippen molar-refractivity contribution in [3.8, 4) is 0 Å². The van der Waals surface area contributed by atoms with Gasteiger partial charge >= 0.3 is 23.9 Å². The van der Waals surface area contributed by atoms with Crippen LogP contribution < -0.4 is 5.73 Å². The normalized spacial score (nSPS) is 45.1. The highest BCUT2D eigenvalue weighted by Gasteiger charge is 2.65. The third-order valence-corrected chi connectivity index (χ3v) is 21.8. The van der Waals surface area contributed by atoms with Crippen LogP contribution in [0.3, 0.4) is 0 Å². The zero-order valence-corrected chi connectivity index (χ0v) is 56.5. The number of methoxy groups -OCH3 is 1. The summed E-state index contributed by atoms with van der Waals surface area (Å²) in [5.41, 5.74) is 0.892. The number of esters is 4. The van der Waals surface area contributed by atoms with E-state index >= 15 is 4.79 Å². The van der Waals surface area contributed by atoms with E-state index in [2.05, 4.69) is 0 Å². The van der Waals surface area contributed by atoms with Crippen molar-refractivity contribution in [3.63, 3.8) is 0 Å². The third kappa shape index (κ3) is 14.5. The topological polar surface area (TPSA) is 382 Å². The first-order valence-electron chi connectivity index (χ1n) is 33.6. The molecule has 96 heavy (non-hydrogen) atoms.